The Morgan fingerprint density at radius 3 is 2.56 bits per heavy atom. The quantitative estimate of drug-likeness (QED) is 0.671. The Morgan fingerprint density at radius 1 is 1.08 bits per heavy atom. The van der Waals surface area contributed by atoms with Crippen molar-refractivity contribution in [2.24, 2.45) is 0 Å². The van der Waals surface area contributed by atoms with Crippen molar-refractivity contribution in [2.75, 3.05) is 19.1 Å². The van der Waals surface area contributed by atoms with Crippen LogP contribution < -0.4 is 19.7 Å². The summed E-state index contributed by atoms with van der Waals surface area (Å²) < 4.78 is 10.5. The summed E-state index contributed by atoms with van der Waals surface area (Å²) in [6.45, 7) is 0. The number of hydrogen-bond donors (Lipinski definition) is 1. The van der Waals surface area contributed by atoms with Gasteiger partial charge in [0, 0.05) is 16.7 Å². The Labute approximate surface area is 149 Å². The van der Waals surface area contributed by atoms with E-state index < -0.39 is 11.9 Å². The van der Waals surface area contributed by atoms with Crippen LogP contribution in [-0.4, -0.2) is 26.2 Å². The van der Waals surface area contributed by atoms with Crippen LogP contribution in [0.25, 0.3) is 6.08 Å². The van der Waals surface area contributed by atoms with Crippen LogP contribution >= 0.6 is 11.6 Å². The summed E-state index contributed by atoms with van der Waals surface area (Å²) in [4.78, 5) is 25.9. The van der Waals surface area contributed by atoms with E-state index in [1.165, 1.54) is 7.11 Å². The fraction of sp³-hybridized carbons (Fsp3) is 0.111. The largest absolute Gasteiger partial charge is 0.497 e. The number of hydrogen-bond acceptors (Lipinski definition) is 4. The zero-order valence-corrected chi connectivity index (χ0v) is 14.3. The predicted molar refractivity (Wildman–Crippen MR) is 95.0 cm³/mol. The van der Waals surface area contributed by atoms with Crippen molar-refractivity contribution in [3.63, 3.8) is 0 Å². The van der Waals surface area contributed by atoms with Gasteiger partial charge in [0.1, 0.15) is 17.2 Å². The Kier molecular flexibility index (Phi) is 4.63. The van der Waals surface area contributed by atoms with Gasteiger partial charge < -0.3 is 14.8 Å². The third-order valence-corrected chi connectivity index (χ3v) is 3.92. The molecule has 7 heteroatoms. The van der Waals surface area contributed by atoms with Crippen LogP contribution in [0.4, 0.5) is 10.5 Å². The summed E-state index contributed by atoms with van der Waals surface area (Å²) in [6.07, 6.45) is 1.56. The van der Waals surface area contributed by atoms with Crippen molar-refractivity contribution in [3.8, 4) is 11.5 Å². The van der Waals surface area contributed by atoms with Gasteiger partial charge in [-0.1, -0.05) is 17.7 Å². The molecule has 0 spiro atoms. The summed E-state index contributed by atoms with van der Waals surface area (Å²) in [5.41, 5.74) is 1.19. The van der Waals surface area contributed by atoms with E-state index in [0.717, 1.165) is 4.90 Å². The van der Waals surface area contributed by atoms with Crippen LogP contribution in [0.15, 0.2) is 48.2 Å². The lowest BCUT2D eigenvalue weighted by atomic mass is 10.1. The molecule has 0 bridgehead atoms. The van der Waals surface area contributed by atoms with Crippen LogP contribution in [0.2, 0.25) is 5.02 Å². The molecule has 0 unspecified atom stereocenters. The second-order valence-electron chi connectivity index (χ2n) is 5.22. The maximum absolute atomic E-state index is 12.6. The van der Waals surface area contributed by atoms with Gasteiger partial charge in [-0.05, 0) is 36.4 Å². The third kappa shape index (κ3) is 3.29. The number of imide groups is 1. The highest BCUT2D eigenvalue weighted by atomic mass is 35.5. The van der Waals surface area contributed by atoms with Crippen molar-refractivity contribution >= 4 is 35.3 Å². The summed E-state index contributed by atoms with van der Waals surface area (Å²) in [6, 6.07) is 11.2. The molecule has 128 valence electrons. The van der Waals surface area contributed by atoms with Crippen LogP contribution in [0, 0.1) is 0 Å². The topological polar surface area (TPSA) is 67.9 Å². The minimum Gasteiger partial charge on any atom is -0.497 e. The van der Waals surface area contributed by atoms with E-state index in [1.54, 1.807) is 55.7 Å². The van der Waals surface area contributed by atoms with Gasteiger partial charge in [0.05, 0.1) is 19.9 Å². The Morgan fingerprint density at radius 2 is 1.88 bits per heavy atom. The molecule has 3 amide bonds. The number of ether oxygens (including phenoxy) is 2. The zero-order chi connectivity index (χ0) is 18.0. The van der Waals surface area contributed by atoms with Crippen molar-refractivity contribution in [3.05, 3.63) is 58.7 Å². The first kappa shape index (κ1) is 16.9. The van der Waals surface area contributed by atoms with Gasteiger partial charge in [0.25, 0.3) is 5.91 Å². The Balaban J connectivity index is 1.96. The molecule has 1 fully saturated rings. The number of urea groups is 1. The van der Waals surface area contributed by atoms with Crippen LogP contribution in [0.5, 0.6) is 11.5 Å². The molecule has 0 aromatic heterocycles. The van der Waals surface area contributed by atoms with Gasteiger partial charge in [-0.3, -0.25) is 4.79 Å². The standard InChI is InChI=1S/C18H15ClN2O4/c1-24-14-7-6-11(16(10-14)25-2)8-15-17(22)21(18(23)20-15)13-5-3-4-12(19)9-13/h3-10H,1-2H3,(H,20,23)/b15-8+. The number of methoxy groups -OCH3 is 2. The number of carbonyl (C=O) groups excluding carboxylic acids is 2. The van der Waals surface area contributed by atoms with Crippen molar-refractivity contribution in [1.29, 1.82) is 0 Å². The molecule has 2 aromatic carbocycles. The zero-order valence-electron chi connectivity index (χ0n) is 13.6. The number of rotatable bonds is 4. The molecule has 1 N–H and O–H groups in total. The van der Waals surface area contributed by atoms with Crippen LogP contribution in [0.1, 0.15) is 5.56 Å². The summed E-state index contributed by atoms with van der Waals surface area (Å²) in [5, 5.41) is 3.01. The van der Waals surface area contributed by atoms with Crippen LogP contribution in [-0.2, 0) is 4.79 Å². The highest BCUT2D eigenvalue weighted by Gasteiger charge is 2.35. The molecule has 1 aliphatic heterocycles. The number of carbonyl (C=O) groups is 2. The highest BCUT2D eigenvalue weighted by Crippen LogP contribution is 2.29. The molecule has 1 saturated heterocycles. The molecule has 0 radical (unpaired) electrons. The van der Waals surface area contributed by atoms with E-state index in [4.69, 9.17) is 21.1 Å². The SMILES string of the molecule is COc1ccc(/C=C2/NC(=O)N(c3cccc(Cl)c3)C2=O)c(OC)c1. The maximum Gasteiger partial charge on any atom is 0.333 e. The number of amides is 3. The average molecular weight is 359 g/mol. The monoisotopic (exact) mass is 358 g/mol. The normalized spacial score (nSPS) is 15.5. The lowest BCUT2D eigenvalue weighted by molar-refractivity contribution is -0.113. The highest BCUT2D eigenvalue weighted by molar-refractivity contribution is 6.32. The average Bonchev–Trinajstić information content (AvgIpc) is 2.88. The lowest BCUT2D eigenvalue weighted by Gasteiger charge is -2.11. The minimum atomic E-state index is -0.536. The van der Waals surface area contributed by atoms with Crippen molar-refractivity contribution in [1.82, 2.24) is 5.32 Å². The molecule has 3 rings (SSSR count). The second-order valence-corrected chi connectivity index (χ2v) is 5.65. The maximum atomic E-state index is 12.6. The number of halogens is 1. The minimum absolute atomic E-state index is 0.147. The van der Waals surface area contributed by atoms with Crippen molar-refractivity contribution in [2.45, 2.75) is 0 Å². The molecular weight excluding hydrogens is 344 g/mol. The first-order chi connectivity index (χ1) is 12.0. The molecule has 25 heavy (non-hydrogen) atoms. The van der Waals surface area contributed by atoms with Gasteiger partial charge >= 0.3 is 6.03 Å². The van der Waals surface area contributed by atoms with E-state index in [9.17, 15) is 9.59 Å². The van der Waals surface area contributed by atoms with Crippen molar-refractivity contribution < 1.29 is 19.1 Å². The molecule has 1 heterocycles. The van der Waals surface area contributed by atoms with E-state index in [1.807, 2.05) is 0 Å². The van der Waals surface area contributed by atoms with Gasteiger partial charge in [-0.15, -0.1) is 0 Å². The smallest absolute Gasteiger partial charge is 0.333 e. The molecule has 6 nitrogen and oxygen atoms in total. The number of nitrogens with one attached hydrogen (secondary N) is 1. The molecule has 0 atom stereocenters. The van der Waals surface area contributed by atoms with Gasteiger partial charge in [-0.2, -0.15) is 0 Å². The van der Waals surface area contributed by atoms with E-state index in [2.05, 4.69) is 5.32 Å². The summed E-state index contributed by atoms with van der Waals surface area (Å²) in [7, 11) is 3.07. The summed E-state index contributed by atoms with van der Waals surface area (Å²) >= 11 is 5.94. The lowest BCUT2D eigenvalue weighted by Crippen LogP contribution is -2.30. The van der Waals surface area contributed by atoms with E-state index in [-0.39, 0.29) is 5.70 Å². The Bertz CT molecular complexity index is 879. The van der Waals surface area contributed by atoms with E-state index in [0.29, 0.717) is 27.8 Å². The fourth-order valence-corrected chi connectivity index (χ4v) is 2.66. The number of anilines is 1. The molecular formula is C18H15ClN2O4. The second kappa shape index (κ2) is 6.86. The number of nitrogens with zero attached hydrogens (tertiary/aromatic N) is 1. The van der Waals surface area contributed by atoms with Crippen LogP contribution in [0.3, 0.4) is 0 Å². The first-order valence-electron chi connectivity index (χ1n) is 7.38. The molecule has 0 aliphatic carbocycles. The van der Waals surface area contributed by atoms with Gasteiger partial charge in [0.15, 0.2) is 0 Å². The number of benzene rings is 2. The third-order valence-electron chi connectivity index (χ3n) is 3.69. The van der Waals surface area contributed by atoms with Gasteiger partial charge in [0.2, 0.25) is 0 Å². The molecule has 2 aromatic rings. The molecule has 1 aliphatic rings. The predicted octanol–water partition coefficient (Wildman–Crippen LogP) is 3.45. The summed E-state index contributed by atoms with van der Waals surface area (Å²) in [5.74, 6) is 0.682. The van der Waals surface area contributed by atoms with Gasteiger partial charge in [-0.25, -0.2) is 9.69 Å². The van der Waals surface area contributed by atoms with E-state index >= 15 is 0 Å². The molecule has 0 saturated carbocycles. The first-order valence-corrected chi connectivity index (χ1v) is 7.76. The Hall–Kier alpha value is -2.99. The fourth-order valence-electron chi connectivity index (χ4n) is 2.48.